The van der Waals surface area contributed by atoms with Gasteiger partial charge in [-0.3, -0.25) is 25.0 Å². The molecule has 0 aromatic heterocycles. The molecule has 0 heterocycles. The Hall–Kier alpha value is -3.20. The van der Waals surface area contributed by atoms with Crippen LogP contribution in [0.4, 0.5) is 17.1 Å². The third-order valence-electron chi connectivity index (χ3n) is 2.85. The molecule has 0 radical (unpaired) electrons. The molecular formula is C14H10ClN3O6. The highest BCUT2D eigenvalue weighted by atomic mass is 35.5. The lowest BCUT2D eigenvalue weighted by atomic mass is 10.2. The van der Waals surface area contributed by atoms with Crippen LogP contribution in [0, 0.1) is 20.2 Å². The van der Waals surface area contributed by atoms with E-state index in [1.165, 1.54) is 36.4 Å². The van der Waals surface area contributed by atoms with Crippen molar-refractivity contribution in [3.05, 3.63) is 67.7 Å². The number of hydrogen-bond donors (Lipinski definition) is 1. The topological polar surface area (TPSA) is 125 Å². The number of hydrogen-bond acceptors (Lipinski definition) is 6. The number of nitro groups is 2. The van der Waals surface area contributed by atoms with Crippen LogP contribution in [0.3, 0.4) is 0 Å². The van der Waals surface area contributed by atoms with Crippen LogP contribution in [0.2, 0.25) is 5.02 Å². The summed E-state index contributed by atoms with van der Waals surface area (Å²) in [7, 11) is 0. The van der Waals surface area contributed by atoms with Gasteiger partial charge in [0.15, 0.2) is 6.61 Å². The lowest BCUT2D eigenvalue weighted by Crippen LogP contribution is -2.20. The third-order valence-corrected chi connectivity index (χ3v) is 3.08. The molecule has 2 rings (SSSR count). The second-order valence-electron chi connectivity index (χ2n) is 4.51. The van der Waals surface area contributed by atoms with E-state index >= 15 is 0 Å². The Balaban J connectivity index is 1.99. The summed E-state index contributed by atoms with van der Waals surface area (Å²) in [6.07, 6.45) is 0. The minimum absolute atomic E-state index is 0.0123. The lowest BCUT2D eigenvalue weighted by Gasteiger charge is -2.08. The van der Waals surface area contributed by atoms with Crippen LogP contribution in [-0.2, 0) is 4.79 Å². The van der Waals surface area contributed by atoms with Crippen molar-refractivity contribution < 1.29 is 19.4 Å². The van der Waals surface area contributed by atoms with Crippen LogP contribution >= 0.6 is 11.6 Å². The fourth-order valence-corrected chi connectivity index (χ4v) is 1.93. The number of nitro benzene ring substituents is 2. The molecule has 2 aromatic rings. The molecule has 0 aliphatic heterocycles. The number of ether oxygens (including phenoxy) is 1. The molecule has 1 amide bonds. The van der Waals surface area contributed by atoms with E-state index in [4.69, 9.17) is 16.3 Å². The molecule has 9 nitrogen and oxygen atoms in total. The van der Waals surface area contributed by atoms with Crippen molar-refractivity contribution in [2.24, 2.45) is 0 Å². The van der Waals surface area contributed by atoms with Crippen LogP contribution < -0.4 is 10.1 Å². The van der Waals surface area contributed by atoms with E-state index in [1.807, 2.05) is 0 Å². The smallest absolute Gasteiger partial charge is 0.294 e. The maximum atomic E-state index is 11.8. The van der Waals surface area contributed by atoms with Crippen molar-refractivity contribution in [1.29, 1.82) is 0 Å². The highest BCUT2D eigenvalue weighted by Crippen LogP contribution is 2.27. The molecule has 124 valence electrons. The van der Waals surface area contributed by atoms with Gasteiger partial charge in [0.25, 0.3) is 17.3 Å². The minimum atomic E-state index is -0.668. The molecule has 0 saturated heterocycles. The molecule has 0 aliphatic carbocycles. The SMILES string of the molecule is O=C(COc1ccc([N+](=O)[O-])cc1)Nc1ccc(Cl)cc1[N+](=O)[O-]. The fraction of sp³-hybridized carbons (Fsp3) is 0.0714. The number of non-ortho nitro benzene ring substituents is 1. The maximum Gasteiger partial charge on any atom is 0.294 e. The van der Waals surface area contributed by atoms with Crippen molar-refractivity contribution >= 4 is 34.6 Å². The molecule has 0 spiro atoms. The number of benzene rings is 2. The summed E-state index contributed by atoms with van der Waals surface area (Å²) in [5.41, 5.74) is -0.462. The van der Waals surface area contributed by atoms with Gasteiger partial charge in [-0.2, -0.15) is 0 Å². The summed E-state index contributed by atoms with van der Waals surface area (Å²) in [5, 5.41) is 24.0. The van der Waals surface area contributed by atoms with Gasteiger partial charge >= 0.3 is 0 Å². The molecule has 0 saturated carbocycles. The number of anilines is 1. The van der Waals surface area contributed by atoms with Gasteiger partial charge in [0.05, 0.1) is 9.85 Å². The van der Waals surface area contributed by atoms with E-state index in [9.17, 15) is 25.0 Å². The van der Waals surface area contributed by atoms with Crippen LogP contribution in [0.5, 0.6) is 5.75 Å². The predicted octanol–water partition coefficient (Wildman–Crippen LogP) is 3.17. The van der Waals surface area contributed by atoms with Crippen LogP contribution in [0.1, 0.15) is 0 Å². The number of halogens is 1. The van der Waals surface area contributed by atoms with E-state index in [-0.39, 0.29) is 27.8 Å². The molecule has 1 N–H and O–H groups in total. The van der Waals surface area contributed by atoms with Gasteiger partial charge < -0.3 is 10.1 Å². The molecule has 10 heteroatoms. The summed E-state index contributed by atoms with van der Waals surface area (Å²) in [5.74, 6) is -0.375. The van der Waals surface area contributed by atoms with Crippen molar-refractivity contribution in [3.63, 3.8) is 0 Å². The van der Waals surface area contributed by atoms with Gasteiger partial charge in [0, 0.05) is 23.2 Å². The van der Waals surface area contributed by atoms with E-state index in [0.717, 1.165) is 6.07 Å². The Morgan fingerprint density at radius 2 is 1.75 bits per heavy atom. The van der Waals surface area contributed by atoms with Gasteiger partial charge in [0.2, 0.25) is 0 Å². The first kappa shape index (κ1) is 17.2. The van der Waals surface area contributed by atoms with E-state index < -0.39 is 22.4 Å². The van der Waals surface area contributed by atoms with E-state index in [1.54, 1.807) is 0 Å². The van der Waals surface area contributed by atoms with E-state index in [0.29, 0.717) is 0 Å². The zero-order valence-electron chi connectivity index (χ0n) is 12.0. The predicted molar refractivity (Wildman–Crippen MR) is 85.3 cm³/mol. The Morgan fingerprint density at radius 3 is 2.33 bits per heavy atom. The van der Waals surface area contributed by atoms with Crippen molar-refractivity contribution in [2.45, 2.75) is 0 Å². The number of nitrogens with one attached hydrogen (secondary N) is 1. The molecule has 0 fully saturated rings. The number of carbonyl (C=O) groups is 1. The molecule has 0 unspecified atom stereocenters. The molecule has 0 atom stereocenters. The standard InChI is InChI=1S/C14H10ClN3O6/c15-9-1-6-12(13(7-9)18(22)23)16-14(19)8-24-11-4-2-10(3-5-11)17(20)21/h1-7H,8H2,(H,16,19). The Bertz CT molecular complexity index is 794. The highest BCUT2D eigenvalue weighted by Gasteiger charge is 2.16. The molecule has 24 heavy (non-hydrogen) atoms. The van der Waals surface area contributed by atoms with Crippen molar-refractivity contribution in [2.75, 3.05) is 11.9 Å². The molecule has 0 bridgehead atoms. The van der Waals surface area contributed by atoms with Crippen molar-refractivity contribution in [1.82, 2.24) is 0 Å². The summed E-state index contributed by atoms with van der Waals surface area (Å²) >= 11 is 5.68. The van der Waals surface area contributed by atoms with Crippen LogP contribution in [0.15, 0.2) is 42.5 Å². The molecular weight excluding hydrogens is 342 g/mol. The van der Waals surface area contributed by atoms with Crippen LogP contribution in [0.25, 0.3) is 0 Å². The highest BCUT2D eigenvalue weighted by molar-refractivity contribution is 6.31. The fourth-order valence-electron chi connectivity index (χ4n) is 1.76. The summed E-state index contributed by atoms with van der Waals surface area (Å²) in [6, 6.07) is 8.99. The zero-order valence-corrected chi connectivity index (χ0v) is 12.7. The van der Waals surface area contributed by atoms with Gasteiger partial charge in [-0.05, 0) is 24.3 Å². The first-order valence-electron chi connectivity index (χ1n) is 6.48. The van der Waals surface area contributed by atoms with Crippen LogP contribution in [-0.4, -0.2) is 22.4 Å². The van der Waals surface area contributed by atoms with Gasteiger partial charge in [-0.15, -0.1) is 0 Å². The lowest BCUT2D eigenvalue weighted by molar-refractivity contribution is -0.384. The number of nitrogens with zero attached hydrogens (tertiary/aromatic N) is 2. The zero-order chi connectivity index (χ0) is 17.7. The second kappa shape index (κ2) is 7.38. The average molecular weight is 352 g/mol. The summed E-state index contributed by atoms with van der Waals surface area (Å²) < 4.78 is 5.17. The Labute approximate surface area is 140 Å². The normalized spacial score (nSPS) is 10.0. The first-order valence-corrected chi connectivity index (χ1v) is 6.85. The largest absolute Gasteiger partial charge is 0.484 e. The number of carbonyl (C=O) groups excluding carboxylic acids is 1. The quantitative estimate of drug-likeness (QED) is 0.629. The second-order valence-corrected chi connectivity index (χ2v) is 4.94. The summed E-state index contributed by atoms with van der Waals surface area (Å²) in [4.78, 5) is 32.1. The number of amides is 1. The third kappa shape index (κ3) is 4.40. The average Bonchev–Trinajstić information content (AvgIpc) is 2.54. The van der Waals surface area contributed by atoms with Gasteiger partial charge in [-0.25, -0.2) is 0 Å². The number of rotatable bonds is 6. The maximum absolute atomic E-state index is 11.8. The first-order chi connectivity index (χ1) is 11.4. The van der Waals surface area contributed by atoms with Gasteiger partial charge in [-0.1, -0.05) is 11.6 Å². The molecule has 0 aliphatic rings. The Kier molecular flexibility index (Phi) is 5.27. The van der Waals surface area contributed by atoms with Gasteiger partial charge in [0.1, 0.15) is 11.4 Å². The minimum Gasteiger partial charge on any atom is -0.484 e. The Morgan fingerprint density at radius 1 is 1.08 bits per heavy atom. The molecule has 2 aromatic carbocycles. The van der Waals surface area contributed by atoms with Crippen molar-refractivity contribution in [3.8, 4) is 5.75 Å². The monoisotopic (exact) mass is 351 g/mol. The van der Waals surface area contributed by atoms with E-state index in [2.05, 4.69) is 5.32 Å². The summed E-state index contributed by atoms with van der Waals surface area (Å²) in [6.45, 7) is -0.419.